The Balaban J connectivity index is 1.75. The highest BCUT2D eigenvalue weighted by molar-refractivity contribution is 7.92. The maximum absolute atomic E-state index is 13.2. The number of anilines is 1. The number of halogens is 3. The number of fused-ring (bicyclic) bond motifs is 1. The summed E-state index contributed by atoms with van der Waals surface area (Å²) >= 11 is 0. The zero-order valence-electron chi connectivity index (χ0n) is 19.1. The van der Waals surface area contributed by atoms with Crippen molar-refractivity contribution < 1.29 is 36.2 Å². The van der Waals surface area contributed by atoms with E-state index in [1.807, 2.05) is 12.1 Å². The molecule has 0 aliphatic rings. The molecule has 186 valence electrons. The Morgan fingerprint density at radius 3 is 2.17 bits per heavy atom. The number of carbonyl (C=O) groups is 1. The maximum Gasteiger partial charge on any atom is 0.501 e. The summed E-state index contributed by atoms with van der Waals surface area (Å²) in [5, 5.41) is 14.6. The zero-order chi connectivity index (χ0) is 26.3. The standard InChI is InChI=1S/C26H20F3NO5S/c1-15-13-18(36(33,34)26(27,28)29)11-12-23(15)30-25(32)22-14-21(16-7-9-17(35-2)10-8-16)19-5-3-4-6-20(19)24(22)31/h3-14,31H,1-2H3,(H,30,32). The Hall–Kier alpha value is -4.05. The molecule has 0 aliphatic heterocycles. The highest BCUT2D eigenvalue weighted by atomic mass is 32.2. The van der Waals surface area contributed by atoms with Crippen LogP contribution in [-0.4, -0.2) is 32.0 Å². The SMILES string of the molecule is COc1ccc(-c2cc(C(=O)Nc3ccc(S(=O)(=O)C(F)(F)F)cc3C)c(O)c3ccccc23)cc1. The van der Waals surface area contributed by atoms with Crippen LogP contribution in [0.3, 0.4) is 0 Å². The van der Waals surface area contributed by atoms with Gasteiger partial charge in [0.15, 0.2) is 0 Å². The Labute approximate surface area is 204 Å². The van der Waals surface area contributed by atoms with Gasteiger partial charge in [0.25, 0.3) is 15.7 Å². The molecule has 36 heavy (non-hydrogen) atoms. The number of phenols is 1. The van der Waals surface area contributed by atoms with Gasteiger partial charge in [0.05, 0.1) is 17.6 Å². The highest BCUT2D eigenvalue weighted by Gasteiger charge is 2.46. The first-order valence-corrected chi connectivity index (χ1v) is 12.0. The van der Waals surface area contributed by atoms with Crippen LogP contribution >= 0.6 is 0 Å². The van der Waals surface area contributed by atoms with Gasteiger partial charge >= 0.3 is 5.51 Å². The van der Waals surface area contributed by atoms with E-state index < -0.39 is 26.1 Å². The molecule has 0 spiro atoms. The van der Waals surface area contributed by atoms with Crippen molar-refractivity contribution >= 4 is 32.2 Å². The lowest BCUT2D eigenvalue weighted by molar-refractivity contribution is -0.0436. The van der Waals surface area contributed by atoms with Crippen LogP contribution in [0.2, 0.25) is 0 Å². The van der Waals surface area contributed by atoms with E-state index in [-0.39, 0.29) is 22.6 Å². The van der Waals surface area contributed by atoms with E-state index in [0.29, 0.717) is 22.1 Å². The fourth-order valence-electron chi connectivity index (χ4n) is 3.81. The van der Waals surface area contributed by atoms with Gasteiger partial charge in [0.1, 0.15) is 11.5 Å². The molecule has 10 heteroatoms. The number of aryl methyl sites for hydroxylation is 1. The van der Waals surface area contributed by atoms with Crippen LogP contribution in [0.4, 0.5) is 18.9 Å². The first kappa shape index (κ1) is 25.1. The molecular weight excluding hydrogens is 495 g/mol. The summed E-state index contributed by atoms with van der Waals surface area (Å²) in [5.41, 5.74) is -3.88. The number of nitrogens with one attached hydrogen (secondary N) is 1. The minimum absolute atomic E-state index is 0.0640. The molecule has 6 nitrogen and oxygen atoms in total. The fraction of sp³-hybridized carbons (Fsp3) is 0.115. The van der Waals surface area contributed by atoms with Crippen molar-refractivity contribution in [2.45, 2.75) is 17.3 Å². The normalized spacial score (nSPS) is 11.9. The second-order valence-electron chi connectivity index (χ2n) is 7.97. The summed E-state index contributed by atoms with van der Waals surface area (Å²) in [6.07, 6.45) is 0. The minimum Gasteiger partial charge on any atom is -0.506 e. The van der Waals surface area contributed by atoms with Crippen molar-refractivity contribution in [2.24, 2.45) is 0 Å². The molecule has 4 rings (SSSR count). The van der Waals surface area contributed by atoms with Crippen molar-refractivity contribution in [1.29, 1.82) is 0 Å². The lowest BCUT2D eigenvalue weighted by atomic mass is 9.94. The number of carbonyl (C=O) groups excluding carboxylic acids is 1. The Bertz CT molecular complexity index is 1580. The highest BCUT2D eigenvalue weighted by Crippen LogP contribution is 2.38. The van der Waals surface area contributed by atoms with Crippen LogP contribution in [0, 0.1) is 6.92 Å². The van der Waals surface area contributed by atoms with Crippen LogP contribution in [-0.2, 0) is 9.84 Å². The van der Waals surface area contributed by atoms with Crippen LogP contribution in [0.25, 0.3) is 21.9 Å². The number of phenolic OH excluding ortho intramolecular Hbond substituents is 1. The van der Waals surface area contributed by atoms with Crippen molar-refractivity contribution in [1.82, 2.24) is 0 Å². The van der Waals surface area contributed by atoms with Crippen LogP contribution in [0.15, 0.2) is 77.7 Å². The van der Waals surface area contributed by atoms with E-state index >= 15 is 0 Å². The van der Waals surface area contributed by atoms with Gasteiger partial charge in [-0.2, -0.15) is 13.2 Å². The van der Waals surface area contributed by atoms with Gasteiger partial charge < -0.3 is 15.2 Å². The topological polar surface area (TPSA) is 92.7 Å². The number of amides is 1. The smallest absolute Gasteiger partial charge is 0.501 e. The lowest BCUT2D eigenvalue weighted by Crippen LogP contribution is -2.23. The third-order valence-corrected chi connectivity index (χ3v) is 7.21. The predicted octanol–water partition coefficient (Wildman–Crippen LogP) is 6.08. The van der Waals surface area contributed by atoms with Crippen molar-refractivity contribution in [3.05, 3.63) is 83.9 Å². The van der Waals surface area contributed by atoms with Crippen molar-refractivity contribution in [3.8, 4) is 22.6 Å². The molecule has 0 unspecified atom stereocenters. The lowest BCUT2D eigenvalue weighted by Gasteiger charge is -2.15. The average molecular weight is 516 g/mol. The Morgan fingerprint density at radius 1 is 0.944 bits per heavy atom. The number of ether oxygens (including phenoxy) is 1. The van der Waals surface area contributed by atoms with Crippen molar-refractivity contribution in [3.63, 3.8) is 0 Å². The minimum atomic E-state index is -5.53. The number of hydrogen-bond donors (Lipinski definition) is 2. The number of hydrogen-bond acceptors (Lipinski definition) is 5. The maximum atomic E-state index is 13.2. The van der Waals surface area contributed by atoms with Crippen molar-refractivity contribution in [2.75, 3.05) is 12.4 Å². The molecule has 0 bridgehead atoms. The third-order valence-electron chi connectivity index (χ3n) is 5.72. The number of alkyl halides is 3. The molecule has 0 heterocycles. The summed E-state index contributed by atoms with van der Waals surface area (Å²) in [5.74, 6) is -0.344. The first-order chi connectivity index (χ1) is 16.9. The van der Waals surface area contributed by atoms with E-state index in [0.717, 1.165) is 23.8 Å². The van der Waals surface area contributed by atoms with E-state index in [9.17, 15) is 31.5 Å². The molecule has 0 aromatic heterocycles. The zero-order valence-corrected chi connectivity index (χ0v) is 19.9. The summed E-state index contributed by atoms with van der Waals surface area (Å²) in [7, 11) is -3.99. The molecule has 0 fully saturated rings. The van der Waals surface area contributed by atoms with E-state index in [1.165, 1.54) is 13.0 Å². The van der Waals surface area contributed by atoms with Crippen LogP contribution < -0.4 is 10.1 Å². The van der Waals surface area contributed by atoms with Gasteiger partial charge in [-0.1, -0.05) is 36.4 Å². The second-order valence-corrected chi connectivity index (χ2v) is 9.92. The summed E-state index contributed by atoms with van der Waals surface area (Å²) < 4.78 is 67.2. The number of sulfone groups is 1. The largest absolute Gasteiger partial charge is 0.506 e. The molecule has 1 amide bonds. The van der Waals surface area contributed by atoms with Gasteiger partial charge in [-0.25, -0.2) is 8.42 Å². The molecule has 0 saturated heterocycles. The molecule has 2 N–H and O–H groups in total. The third kappa shape index (κ3) is 4.47. The van der Waals surface area contributed by atoms with Crippen LogP contribution in [0.5, 0.6) is 11.5 Å². The predicted molar refractivity (Wildman–Crippen MR) is 130 cm³/mol. The van der Waals surface area contributed by atoms with E-state index in [2.05, 4.69) is 5.32 Å². The van der Waals surface area contributed by atoms with Gasteiger partial charge in [0, 0.05) is 11.1 Å². The monoisotopic (exact) mass is 515 g/mol. The molecule has 4 aromatic carbocycles. The molecular formula is C26H20F3NO5S. The van der Waals surface area contributed by atoms with E-state index in [1.54, 1.807) is 43.5 Å². The number of rotatable bonds is 5. The summed E-state index contributed by atoms with van der Waals surface area (Å²) in [4.78, 5) is 12.2. The van der Waals surface area contributed by atoms with Gasteiger partial charge in [-0.3, -0.25) is 4.79 Å². The quantitative estimate of drug-likeness (QED) is 0.336. The second kappa shape index (κ2) is 9.19. The van der Waals surface area contributed by atoms with Gasteiger partial charge in [-0.05, 0) is 65.4 Å². The van der Waals surface area contributed by atoms with E-state index in [4.69, 9.17) is 4.74 Å². The molecule has 0 atom stereocenters. The fourth-order valence-corrected chi connectivity index (χ4v) is 4.66. The summed E-state index contributed by atoms with van der Waals surface area (Å²) in [6, 6.07) is 18.3. The molecule has 0 saturated carbocycles. The Morgan fingerprint density at radius 2 is 1.58 bits per heavy atom. The molecule has 4 aromatic rings. The molecule has 0 aliphatic carbocycles. The number of methoxy groups -OCH3 is 1. The molecule has 0 radical (unpaired) electrons. The number of benzene rings is 4. The van der Waals surface area contributed by atoms with Gasteiger partial charge in [-0.15, -0.1) is 0 Å². The Kier molecular flexibility index (Phi) is 6.40. The van der Waals surface area contributed by atoms with Gasteiger partial charge in [0.2, 0.25) is 0 Å². The average Bonchev–Trinajstić information content (AvgIpc) is 2.85. The first-order valence-electron chi connectivity index (χ1n) is 10.6. The summed E-state index contributed by atoms with van der Waals surface area (Å²) in [6.45, 7) is 1.37. The van der Waals surface area contributed by atoms with Crippen LogP contribution in [0.1, 0.15) is 15.9 Å². The number of aromatic hydroxyl groups is 1.